The highest BCUT2D eigenvalue weighted by atomic mass is 19.2. The van der Waals surface area contributed by atoms with Gasteiger partial charge in [-0.15, -0.1) is 0 Å². The van der Waals surface area contributed by atoms with Gasteiger partial charge in [-0.2, -0.15) is 8.78 Å². The molecular weight excluding hydrogens is 1770 g/mol. The van der Waals surface area contributed by atoms with Crippen molar-refractivity contribution in [3.8, 4) is 17.2 Å². The van der Waals surface area contributed by atoms with E-state index in [4.69, 9.17) is 124 Å². The Bertz CT molecular complexity index is 3500. The molecule has 2 unspecified atom stereocenters. The Morgan fingerprint density at radius 3 is 0.925 bits per heavy atom. The van der Waals surface area contributed by atoms with Gasteiger partial charge in [-0.25, -0.2) is 32.8 Å². The maximum atomic E-state index is 14.3. The van der Waals surface area contributed by atoms with Crippen molar-refractivity contribution in [2.75, 3.05) is 272 Å². The second-order valence-corrected chi connectivity index (χ2v) is 32.4. The fourth-order valence-electron chi connectivity index (χ4n) is 10.1. The first kappa shape index (κ1) is 123. The van der Waals surface area contributed by atoms with Crippen LogP contribution in [0.4, 0.5) is 27.2 Å². The molecule has 3 aromatic rings. The number of Topliss-reactive ketones (excluding diaryl/α,β-unsaturated/α-hetero) is 1. The maximum Gasteiger partial charge on any atom is 0.407 e. The lowest BCUT2D eigenvalue weighted by Crippen LogP contribution is -2.45. The Hall–Kier alpha value is -8.22. The molecule has 0 fully saturated rings. The Balaban J connectivity index is 0.00000113. The summed E-state index contributed by atoms with van der Waals surface area (Å²) >= 11 is 0. The van der Waals surface area contributed by atoms with Gasteiger partial charge in [0.2, 0.25) is 29.2 Å². The summed E-state index contributed by atoms with van der Waals surface area (Å²) in [6, 6.07) is 10.6. The van der Waals surface area contributed by atoms with Crippen molar-refractivity contribution < 1.29 is 174 Å². The lowest BCUT2D eigenvalue weighted by molar-refractivity contribution is -0.158. The molecule has 0 bridgehead atoms. The molecule has 133 heavy (non-hydrogen) atoms. The largest absolute Gasteiger partial charge is 0.482 e. The fourth-order valence-corrected chi connectivity index (χ4v) is 10.1. The topological polar surface area (TPSA) is 441 Å². The summed E-state index contributed by atoms with van der Waals surface area (Å²) in [6.45, 7) is 35.4. The van der Waals surface area contributed by atoms with E-state index in [0.29, 0.717) is 216 Å². The van der Waals surface area contributed by atoms with Crippen LogP contribution in [-0.4, -0.2) is 354 Å². The summed E-state index contributed by atoms with van der Waals surface area (Å²) in [5.41, 5.74) is 4.03. The van der Waals surface area contributed by atoms with Crippen LogP contribution in [0.15, 0.2) is 54.6 Å². The summed E-state index contributed by atoms with van der Waals surface area (Å²) in [7, 11) is 3.27. The van der Waals surface area contributed by atoms with Crippen molar-refractivity contribution in [1.29, 1.82) is 0 Å². The number of ether oxygens (including phenoxy) is 25. The standard InChI is InChI=1S/C43H74N2O16.C37H50F4N2O12.C11H25NO5/c1-42(2,3)60-40(48)34-59-36-12-10-35(11-13-36)33-37(38(46)9-8-16-51-21-24-55-29-32-58-28-27-54-20-19-50-7)45-39(47)14-17-52-22-25-56-30-31-57-26-23-53-18-15-44-41(49)61-43(4,5)6;1-36(2,3)54-30(45)23-52-25-9-7-24(8-10-25)21-28(34(46)53-33-31(40)26(38)22-27(39)32(33)41)43-29(44)11-13-48-15-17-50-19-20-51-18-16-49-14-12-42-35(47)55-37(4,5)6;1-13-4-5-15-8-9-17-11-10-16-7-6-14-3-2-12/h10-13,37H,8-9,14-34H2,1-7H3,(H,44,49)(H,45,47);7-10,22,28H,11-21,23H2,1-6H3,(H,42,47)(H,43,44);2-12H2,1H3. The molecule has 0 aliphatic heterocycles. The van der Waals surface area contributed by atoms with Gasteiger partial charge in [-0.05, 0) is 131 Å². The molecule has 2 atom stereocenters. The number of rotatable bonds is 75. The molecule has 0 radical (unpaired) electrons. The Morgan fingerprint density at radius 2 is 0.617 bits per heavy atom. The molecule has 0 aliphatic carbocycles. The zero-order valence-corrected chi connectivity index (χ0v) is 80.2. The van der Waals surface area contributed by atoms with E-state index in [-0.39, 0.29) is 115 Å². The normalized spacial score (nSPS) is 12.0. The van der Waals surface area contributed by atoms with E-state index in [2.05, 4.69) is 21.3 Å². The molecular formula is C91H149F4N5O33. The second-order valence-electron chi connectivity index (χ2n) is 32.4. The first-order valence-corrected chi connectivity index (χ1v) is 44.3. The van der Waals surface area contributed by atoms with E-state index in [1.807, 2.05) is 0 Å². The van der Waals surface area contributed by atoms with Crippen LogP contribution in [0, 0.1) is 23.3 Å². The summed E-state index contributed by atoms with van der Waals surface area (Å²) in [5, 5.41) is 10.5. The summed E-state index contributed by atoms with van der Waals surface area (Å²) in [4.78, 5) is 99.2. The molecule has 0 spiro atoms. The van der Waals surface area contributed by atoms with E-state index >= 15 is 0 Å². The number of nitrogens with two attached hydrogens (primary N) is 1. The van der Waals surface area contributed by atoms with Crippen LogP contribution in [-0.2, 0) is 146 Å². The van der Waals surface area contributed by atoms with Gasteiger partial charge in [-0.3, -0.25) is 14.4 Å². The molecule has 0 aliphatic rings. The summed E-state index contributed by atoms with van der Waals surface area (Å²) in [5.74, 6) is -11.9. The SMILES string of the molecule is CC(C)(C)OC(=O)COc1ccc(CC(NC(=O)CCOCCOCCOCCOCCNC(=O)OC(C)(C)C)C(=O)Oc2c(F)c(F)cc(F)c2F)cc1.COCCOCCOCCOCCOCCCC(=O)C(Cc1ccc(OCC(=O)OC(C)(C)C)cc1)NC(=O)CCOCCOCCOCCOCCNC(=O)OC(C)(C)C.COCCOCCOCCOCCOCCN. The van der Waals surface area contributed by atoms with Gasteiger partial charge in [0.25, 0.3) is 0 Å². The monoisotopic (exact) mass is 1920 g/mol. The molecule has 0 saturated carbocycles. The summed E-state index contributed by atoms with van der Waals surface area (Å²) in [6.07, 6.45) is -0.506. The molecule has 3 aromatic carbocycles. The average molecular weight is 1920 g/mol. The van der Waals surface area contributed by atoms with Crippen LogP contribution >= 0.6 is 0 Å². The molecule has 0 aromatic heterocycles. The number of nitrogens with one attached hydrogen (secondary N) is 4. The number of benzene rings is 3. The number of ketones is 1. The second kappa shape index (κ2) is 76.9. The minimum Gasteiger partial charge on any atom is -0.482 e. The van der Waals surface area contributed by atoms with Crippen LogP contribution in [0.1, 0.15) is 120 Å². The third kappa shape index (κ3) is 74.7. The fraction of sp³-hybridized carbons (Fsp3) is 0.714. The molecule has 6 N–H and O–H groups in total. The number of carbonyl (C=O) groups excluding carboxylic acids is 8. The number of esters is 3. The number of methoxy groups -OCH3 is 2. The number of alkyl carbamates (subject to hydrolysis) is 2. The molecule has 38 nitrogen and oxygen atoms in total. The number of halogens is 4. The summed E-state index contributed by atoms with van der Waals surface area (Å²) < 4.78 is 189. The Morgan fingerprint density at radius 1 is 0.338 bits per heavy atom. The van der Waals surface area contributed by atoms with Crippen molar-refractivity contribution in [3.05, 3.63) is 89.0 Å². The van der Waals surface area contributed by atoms with Crippen molar-refractivity contribution in [3.63, 3.8) is 0 Å². The van der Waals surface area contributed by atoms with Crippen LogP contribution in [0.25, 0.3) is 0 Å². The van der Waals surface area contributed by atoms with E-state index in [1.165, 1.54) is 24.3 Å². The average Bonchev–Trinajstić information content (AvgIpc) is 0.810. The zero-order chi connectivity index (χ0) is 98.7. The van der Waals surface area contributed by atoms with Crippen molar-refractivity contribution in [1.82, 2.24) is 21.3 Å². The number of carbonyl (C=O) groups is 8. The first-order chi connectivity index (χ1) is 63.4. The van der Waals surface area contributed by atoms with E-state index in [1.54, 1.807) is 122 Å². The highest BCUT2D eigenvalue weighted by Crippen LogP contribution is 2.28. The van der Waals surface area contributed by atoms with Crippen LogP contribution in [0.3, 0.4) is 0 Å². The Kier molecular flexibility index (Phi) is 71.0. The smallest absolute Gasteiger partial charge is 0.407 e. The number of hydrogen-bond donors (Lipinski definition) is 5. The van der Waals surface area contributed by atoms with E-state index < -0.39 is 99.5 Å². The van der Waals surface area contributed by atoms with Gasteiger partial charge >= 0.3 is 30.1 Å². The highest BCUT2D eigenvalue weighted by Gasteiger charge is 2.30. The molecule has 4 amide bonds. The van der Waals surface area contributed by atoms with Gasteiger partial charge < -0.3 is 145 Å². The minimum absolute atomic E-state index is 0.0391. The zero-order valence-electron chi connectivity index (χ0n) is 80.2. The van der Waals surface area contributed by atoms with E-state index in [9.17, 15) is 55.9 Å². The van der Waals surface area contributed by atoms with Crippen molar-refractivity contribution >= 4 is 47.7 Å². The van der Waals surface area contributed by atoms with E-state index in [0.717, 1.165) is 5.56 Å². The molecule has 764 valence electrons. The van der Waals surface area contributed by atoms with Gasteiger partial charge in [0.05, 0.1) is 224 Å². The predicted molar refractivity (Wildman–Crippen MR) is 477 cm³/mol. The third-order valence-electron chi connectivity index (χ3n) is 16.0. The predicted octanol–water partition coefficient (Wildman–Crippen LogP) is 7.71. The van der Waals surface area contributed by atoms with Crippen molar-refractivity contribution in [2.24, 2.45) is 5.73 Å². The molecule has 42 heteroatoms. The number of hydrogen-bond acceptors (Lipinski definition) is 34. The maximum absolute atomic E-state index is 14.3. The van der Waals surface area contributed by atoms with Gasteiger partial charge in [-0.1, -0.05) is 24.3 Å². The van der Waals surface area contributed by atoms with Crippen LogP contribution < -0.4 is 41.2 Å². The third-order valence-corrected chi connectivity index (χ3v) is 16.0. The van der Waals surface area contributed by atoms with Gasteiger partial charge in [0, 0.05) is 72.2 Å². The number of amides is 4. The van der Waals surface area contributed by atoms with Crippen molar-refractivity contribution in [2.45, 2.75) is 156 Å². The van der Waals surface area contributed by atoms with Gasteiger partial charge in [0.1, 0.15) is 39.9 Å². The minimum atomic E-state index is -1.93. The van der Waals surface area contributed by atoms with Gasteiger partial charge in [0.15, 0.2) is 30.6 Å². The lowest BCUT2D eigenvalue weighted by atomic mass is 9.99. The quantitative estimate of drug-likeness (QED) is 0.00901. The molecule has 3 rings (SSSR count). The lowest BCUT2D eigenvalue weighted by Gasteiger charge is -2.20. The first-order valence-electron chi connectivity index (χ1n) is 44.3. The van der Waals surface area contributed by atoms with Crippen LogP contribution in [0.2, 0.25) is 0 Å². The highest BCUT2D eigenvalue weighted by molar-refractivity contribution is 5.89. The van der Waals surface area contributed by atoms with Crippen LogP contribution in [0.5, 0.6) is 17.2 Å². The molecule has 0 saturated heterocycles. The Labute approximate surface area is 780 Å². The molecule has 0 heterocycles.